The Balaban J connectivity index is 1.47. The summed E-state index contributed by atoms with van der Waals surface area (Å²) in [5.41, 5.74) is 0. The van der Waals surface area contributed by atoms with E-state index < -0.39 is 0 Å². The van der Waals surface area contributed by atoms with Crippen LogP contribution in [0.25, 0.3) is 0 Å². The van der Waals surface area contributed by atoms with Crippen LogP contribution < -0.4 is 5.32 Å². The highest BCUT2D eigenvalue weighted by Crippen LogP contribution is 2.33. The summed E-state index contributed by atoms with van der Waals surface area (Å²) in [6.07, 6.45) is 0.929. The Morgan fingerprint density at radius 3 is 3.00 bits per heavy atom. The fourth-order valence-electron chi connectivity index (χ4n) is 3.78. The van der Waals surface area contributed by atoms with Crippen LogP contribution in [0.4, 0.5) is 0 Å². The van der Waals surface area contributed by atoms with Gasteiger partial charge in [-0.05, 0) is 30.2 Å². The van der Waals surface area contributed by atoms with E-state index in [1.807, 2.05) is 22.8 Å². The SMILES string of the molecule is CCNC(=O)c1nnc2n1CC1CN(Cc3cccs3)CC1C2. The number of carbonyl (C=O) groups is 1. The lowest BCUT2D eigenvalue weighted by Gasteiger charge is -2.25. The van der Waals surface area contributed by atoms with Crippen LogP contribution in [-0.2, 0) is 19.5 Å². The summed E-state index contributed by atoms with van der Waals surface area (Å²) < 4.78 is 2.03. The van der Waals surface area contributed by atoms with Crippen molar-refractivity contribution < 1.29 is 4.79 Å². The second kappa shape index (κ2) is 6.05. The molecule has 0 spiro atoms. The van der Waals surface area contributed by atoms with E-state index in [1.54, 1.807) is 0 Å². The van der Waals surface area contributed by atoms with Gasteiger partial charge >= 0.3 is 0 Å². The Bertz CT molecular complexity index is 695. The van der Waals surface area contributed by atoms with Gasteiger partial charge in [-0.2, -0.15) is 0 Å². The Hall–Kier alpha value is -1.73. The number of carbonyl (C=O) groups excluding carboxylic acids is 1. The molecule has 0 radical (unpaired) electrons. The third-order valence-corrected chi connectivity index (χ3v) is 5.70. The lowest BCUT2D eigenvalue weighted by atomic mass is 9.89. The quantitative estimate of drug-likeness (QED) is 0.920. The number of amides is 1. The minimum Gasteiger partial charge on any atom is -0.350 e. The van der Waals surface area contributed by atoms with Crippen LogP contribution in [0.1, 0.15) is 28.2 Å². The van der Waals surface area contributed by atoms with Crippen molar-refractivity contribution in [2.45, 2.75) is 26.4 Å². The van der Waals surface area contributed by atoms with Crippen LogP contribution in [0, 0.1) is 11.8 Å². The van der Waals surface area contributed by atoms with Crippen molar-refractivity contribution >= 4 is 17.2 Å². The molecule has 122 valence electrons. The predicted molar refractivity (Wildman–Crippen MR) is 88.3 cm³/mol. The molecule has 0 aromatic carbocycles. The highest BCUT2D eigenvalue weighted by molar-refractivity contribution is 7.09. The summed E-state index contributed by atoms with van der Waals surface area (Å²) in [5, 5.41) is 13.3. The van der Waals surface area contributed by atoms with Crippen molar-refractivity contribution in [3.05, 3.63) is 34.0 Å². The van der Waals surface area contributed by atoms with Crippen molar-refractivity contribution in [2.75, 3.05) is 19.6 Å². The van der Waals surface area contributed by atoms with Crippen molar-refractivity contribution in [2.24, 2.45) is 11.8 Å². The number of rotatable bonds is 4. The molecule has 4 heterocycles. The van der Waals surface area contributed by atoms with Gasteiger partial charge in [0.2, 0.25) is 5.82 Å². The molecule has 2 aromatic rings. The number of nitrogens with one attached hydrogen (secondary N) is 1. The molecule has 1 saturated heterocycles. The number of nitrogens with zero attached hydrogens (tertiary/aromatic N) is 4. The number of hydrogen-bond donors (Lipinski definition) is 1. The molecular formula is C16H21N5OS. The average molecular weight is 331 g/mol. The maximum Gasteiger partial charge on any atom is 0.289 e. The van der Waals surface area contributed by atoms with E-state index in [-0.39, 0.29) is 5.91 Å². The fraction of sp³-hybridized carbons (Fsp3) is 0.562. The first-order valence-electron chi connectivity index (χ1n) is 8.19. The summed E-state index contributed by atoms with van der Waals surface area (Å²) in [6, 6.07) is 4.32. The van der Waals surface area contributed by atoms with Gasteiger partial charge in [0.05, 0.1) is 0 Å². The highest BCUT2D eigenvalue weighted by Gasteiger charge is 2.39. The summed E-state index contributed by atoms with van der Waals surface area (Å²) in [5.74, 6) is 2.54. The lowest BCUT2D eigenvalue weighted by molar-refractivity contribution is 0.0937. The van der Waals surface area contributed by atoms with Crippen LogP contribution >= 0.6 is 11.3 Å². The Morgan fingerprint density at radius 1 is 1.35 bits per heavy atom. The number of fused-ring (bicyclic) bond motifs is 2. The van der Waals surface area contributed by atoms with Crippen molar-refractivity contribution in [1.82, 2.24) is 25.0 Å². The molecule has 2 aromatic heterocycles. The van der Waals surface area contributed by atoms with E-state index in [1.165, 1.54) is 4.88 Å². The van der Waals surface area contributed by atoms with Gasteiger partial charge in [-0.25, -0.2) is 0 Å². The minimum absolute atomic E-state index is 0.113. The van der Waals surface area contributed by atoms with Gasteiger partial charge in [0, 0.05) is 44.0 Å². The molecule has 2 atom stereocenters. The monoisotopic (exact) mass is 331 g/mol. The first-order chi connectivity index (χ1) is 11.2. The molecule has 7 heteroatoms. The molecule has 4 rings (SSSR count). The van der Waals surface area contributed by atoms with E-state index >= 15 is 0 Å². The smallest absolute Gasteiger partial charge is 0.289 e. The van der Waals surface area contributed by atoms with E-state index in [9.17, 15) is 4.79 Å². The fourth-order valence-corrected chi connectivity index (χ4v) is 4.53. The average Bonchev–Trinajstić information content (AvgIpc) is 3.23. The van der Waals surface area contributed by atoms with E-state index in [0.717, 1.165) is 38.4 Å². The molecule has 0 saturated carbocycles. The zero-order valence-electron chi connectivity index (χ0n) is 13.2. The van der Waals surface area contributed by atoms with Crippen LogP contribution in [-0.4, -0.2) is 45.2 Å². The van der Waals surface area contributed by atoms with Crippen LogP contribution in [0.2, 0.25) is 0 Å². The zero-order valence-corrected chi connectivity index (χ0v) is 14.1. The van der Waals surface area contributed by atoms with Crippen molar-refractivity contribution in [1.29, 1.82) is 0 Å². The third-order valence-electron chi connectivity index (χ3n) is 4.84. The molecule has 1 amide bonds. The zero-order chi connectivity index (χ0) is 15.8. The van der Waals surface area contributed by atoms with E-state index in [2.05, 4.69) is 37.9 Å². The molecule has 0 bridgehead atoms. The van der Waals surface area contributed by atoms with Gasteiger partial charge in [-0.1, -0.05) is 6.07 Å². The highest BCUT2D eigenvalue weighted by atomic mass is 32.1. The first kappa shape index (κ1) is 14.8. The predicted octanol–water partition coefficient (Wildman–Crippen LogP) is 1.39. The molecule has 1 N–H and O–H groups in total. The minimum atomic E-state index is -0.113. The topological polar surface area (TPSA) is 63.1 Å². The van der Waals surface area contributed by atoms with Gasteiger partial charge in [-0.15, -0.1) is 21.5 Å². The third kappa shape index (κ3) is 2.79. The summed E-state index contributed by atoms with van der Waals surface area (Å²) in [4.78, 5) is 16.1. The number of aromatic nitrogens is 3. The standard InChI is InChI=1S/C16H21N5OS/c1-2-17-16(22)15-19-18-14-6-11-7-20(8-12(11)9-21(14)15)10-13-4-3-5-23-13/h3-5,11-12H,2,6-10H2,1H3,(H,17,22). The van der Waals surface area contributed by atoms with Gasteiger partial charge in [-0.3, -0.25) is 9.69 Å². The lowest BCUT2D eigenvalue weighted by Crippen LogP contribution is -2.33. The molecule has 2 unspecified atom stereocenters. The molecule has 23 heavy (non-hydrogen) atoms. The van der Waals surface area contributed by atoms with Gasteiger partial charge in [0.25, 0.3) is 5.91 Å². The summed E-state index contributed by atoms with van der Waals surface area (Å²) in [7, 11) is 0. The molecule has 0 aliphatic carbocycles. The normalized spacial score (nSPS) is 23.5. The number of likely N-dealkylation sites (tertiary alicyclic amines) is 1. The summed E-state index contributed by atoms with van der Waals surface area (Å²) >= 11 is 1.82. The second-order valence-corrected chi connectivity index (χ2v) is 7.44. The molecule has 2 aliphatic rings. The number of hydrogen-bond acceptors (Lipinski definition) is 5. The van der Waals surface area contributed by atoms with E-state index in [0.29, 0.717) is 24.2 Å². The first-order valence-corrected chi connectivity index (χ1v) is 9.07. The molecule has 2 aliphatic heterocycles. The van der Waals surface area contributed by atoms with Gasteiger partial charge in [0.15, 0.2) is 0 Å². The van der Waals surface area contributed by atoms with Crippen LogP contribution in [0.3, 0.4) is 0 Å². The molecule has 6 nitrogen and oxygen atoms in total. The Labute approximate surface area is 139 Å². The number of thiophene rings is 1. The van der Waals surface area contributed by atoms with Crippen molar-refractivity contribution in [3.63, 3.8) is 0 Å². The molecule has 1 fully saturated rings. The van der Waals surface area contributed by atoms with Gasteiger partial charge in [0.1, 0.15) is 5.82 Å². The second-order valence-electron chi connectivity index (χ2n) is 6.41. The summed E-state index contributed by atoms with van der Waals surface area (Å²) in [6.45, 7) is 6.64. The van der Waals surface area contributed by atoms with Crippen LogP contribution in [0.15, 0.2) is 17.5 Å². The Morgan fingerprint density at radius 2 is 2.22 bits per heavy atom. The van der Waals surface area contributed by atoms with Crippen molar-refractivity contribution in [3.8, 4) is 0 Å². The van der Waals surface area contributed by atoms with E-state index in [4.69, 9.17) is 0 Å². The molecular weight excluding hydrogens is 310 g/mol. The maximum atomic E-state index is 12.1. The largest absolute Gasteiger partial charge is 0.350 e. The van der Waals surface area contributed by atoms with Gasteiger partial charge < -0.3 is 9.88 Å². The maximum absolute atomic E-state index is 12.1. The van der Waals surface area contributed by atoms with Crippen LogP contribution in [0.5, 0.6) is 0 Å². The Kier molecular flexibility index (Phi) is 3.90.